The summed E-state index contributed by atoms with van der Waals surface area (Å²) < 4.78 is 0. The maximum atomic E-state index is 8.98. The minimum absolute atomic E-state index is 0.391. The Morgan fingerprint density at radius 1 is 1.00 bits per heavy atom. The molecule has 0 bridgehead atoms. The second kappa shape index (κ2) is 9.61. The first-order chi connectivity index (χ1) is 17.3. The van der Waals surface area contributed by atoms with Gasteiger partial charge >= 0.3 is 0 Å². The Hall–Kier alpha value is -3.93. The van der Waals surface area contributed by atoms with Crippen LogP contribution in [0.1, 0.15) is 54.0 Å². The number of para-hydroxylation sites is 1. The predicted octanol–water partition coefficient (Wildman–Crippen LogP) is 6.76. The summed E-state index contributed by atoms with van der Waals surface area (Å²) in [6, 6.07) is 12.8. The van der Waals surface area contributed by atoms with Gasteiger partial charge in [0, 0.05) is 71.5 Å². The molecule has 2 aromatic carbocycles. The molecule has 184 valence electrons. The zero-order valence-electron chi connectivity index (χ0n) is 21.7. The number of nitrogens with zero attached hydrogens (tertiary/aromatic N) is 3. The number of benzene rings is 2. The molecule has 36 heavy (non-hydrogen) atoms. The summed E-state index contributed by atoms with van der Waals surface area (Å²) in [5.41, 5.74) is 10.6. The highest BCUT2D eigenvalue weighted by Gasteiger charge is 2.26. The fraction of sp³-hybridized carbons (Fsp3) is 0.300. The van der Waals surface area contributed by atoms with Crippen LogP contribution in [0.5, 0.6) is 0 Å². The van der Waals surface area contributed by atoms with Crippen LogP contribution in [0.4, 0.5) is 11.6 Å². The van der Waals surface area contributed by atoms with Gasteiger partial charge in [-0.15, -0.1) is 0 Å². The maximum absolute atomic E-state index is 8.98. The Morgan fingerprint density at radius 3 is 2.42 bits per heavy atom. The largest absolute Gasteiger partial charge is 0.361 e. The Morgan fingerprint density at radius 2 is 1.72 bits per heavy atom. The molecule has 6 nitrogen and oxygen atoms in total. The third kappa shape index (κ3) is 4.39. The fourth-order valence-corrected chi connectivity index (χ4v) is 4.92. The smallest absolute Gasteiger partial charge is 0.225 e. The average molecular weight is 479 g/mol. The number of aromatic nitrogens is 3. The number of anilines is 2. The third-order valence-corrected chi connectivity index (χ3v) is 7.19. The van der Waals surface area contributed by atoms with E-state index in [2.05, 4.69) is 96.2 Å². The van der Waals surface area contributed by atoms with Gasteiger partial charge in [0.15, 0.2) is 0 Å². The van der Waals surface area contributed by atoms with E-state index in [1.54, 1.807) is 0 Å². The number of H-pyrrole nitrogens is 1. The van der Waals surface area contributed by atoms with Crippen molar-refractivity contribution in [2.24, 2.45) is 0 Å². The monoisotopic (exact) mass is 478 g/mol. The van der Waals surface area contributed by atoms with Crippen molar-refractivity contribution in [3.8, 4) is 0 Å². The fourth-order valence-electron chi connectivity index (χ4n) is 4.92. The molecule has 3 N–H and O–H groups in total. The molecule has 2 aromatic heterocycles. The van der Waals surface area contributed by atoms with Gasteiger partial charge in [0.2, 0.25) is 5.95 Å². The summed E-state index contributed by atoms with van der Waals surface area (Å²) in [5, 5.41) is 13.9. The standard InChI is InChI=1S/C30H34N6/c1-18(2)22-15-33-30(34-16-22)36-14-12-26(31)25(17-36)29(35-27-19(3)7-6-8-20(27)4)23-10-9-21(5)28-24(23)11-13-32-28/h6-11,13,15-16,18,31-32,35H,12,14,17H2,1-5H3/b29-25-,31-26?. The van der Waals surface area contributed by atoms with Crippen LogP contribution in [0.25, 0.3) is 16.6 Å². The van der Waals surface area contributed by atoms with Crippen molar-refractivity contribution in [3.63, 3.8) is 0 Å². The summed E-state index contributed by atoms with van der Waals surface area (Å²) in [5.74, 6) is 1.11. The van der Waals surface area contributed by atoms with E-state index in [1.165, 1.54) is 16.7 Å². The molecule has 0 radical (unpaired) electrons. The first-order valence-electron chi connectivity index (χ1n) is 12.6. The van der Waals surface area contributed by atoms with E-state index >= 15 is 0 Å². The molecule has 0 aliphatic carbocycles. The lowest BCUT2D eigenvalue weighted by atomic mass is 9.93. The first-order valence-corrected chi connectivity index (χ1v) is 12.6. The molecule has 1 fully saturated rings. The lowest BCUT2D eigenvalue weighted by molar-refractivity contribution is 0.775. The number of piperidine rings is 1. The van der Waals surface area contributed by atoms with Crippen LogP contribution in [-0.4, -0.2) is 33.8 Å². The lowest BCUT2D eigenvalue weighted by Gasteiger charge is -2.32. The van der Waals surface area contributed by atoms with Crippen molar-refractivity contribution in [2.75, 3.05) is 23.3 Å². The van der Waals surface area contributed by atoms with Gasteiger partial charge in [-0.3, -0.25) is 0 Å². The first kappa shape index (κ1) is 23.8. The Balaban J connectivity index is 1.65. The number of fused-ring (bicyclic) bond motifs is 1. The molecular formula is C30H34N6. The molecule has 5 rings (SSSR count). The third-order valence-electron chi connectivity index (χ3n) is 7.19. The number of nitrogens with one attached hydrogen (secondary N) is 3. The highest BCUT2D eigenvalue weighted by Crippen LogP contribution is 2.34. The van der Waals surface area contributed by atoms with Crippen molar-refractivity contribution < 1.29 is 0 Å². The zero-order chi connectivity index (χ0) is 25.4. The van der Waals surface area contributed by atoms with E-state index in [0.29, 0.717) is 30.5 Å². The second-order valence-electron chi connectivity index (χ2n) is 10.1. The Labute approximate surface area is 213 Å². The van der Waals surface area contributed by atoms with Gasteiger partial charge in [-0.25, -0.2) is 9.97 Å². The highest BCUT2D eigenvalue weighted by molar-refractivity contribution is 6.10. The maximum Gasteiger partial charge on any atom is 0.225 e. The summed E-state index contributed by atoms with van der Waals surface area (Å²) in [7, 11) is 0. The van der Waals surface area contributed by atoms with E-state index in [0.717, 1.165) is 45.5 Å². The van der Waals surface area contributed by atoms with Crippen LogP contribution < -0.4 is 10.2 Å². The lowest BCUT2D eigenvalue weighted by Crippen LogP contribution is -2.37. The molecule has 0 saturated carbocycles. The molecule has 6 heteroatoms. The number of hydrogen-bond donors (Lipinski definition) is 3. The average Bonchev–Trinajstić information content (AvgIpc) is 3.36. The quantitative estimate of drug-likeness (QED) is 0.296. The normalized spacial score (nSPS) is 15.6. The van der Waals surface area contributed by atoms with Crippen LogP contribution in [-0.2, 0) is 0 Å². The van der Waals surface area contributed by atoms with E-state index in [9.17, 15) is 0 Å². The number of aryl methyl sites for hydroxylation is 3. The molecule has 1 aliphatic heterocycles. The topological polar surface area (TPSA) is 80.7 Å². The SMILES string of the molecule is Cc1cccc(C)c1N/C(=C1/CN(c2ncc(C(C)C)cn2)CCC1=N)c1ccc(C)c2[nH]ccc12. The van der Waals surface area contributed by atoms with Gasteiger partial charge in [-0.05, 0) is 55.0 Å². The molecule has 0 amide bonds. The Bertz CT molecular complexity index is 1440. The van der Waals surface area contributed by atoms with Gasteiger partial charge in [-0.1, -0.05) is 44.2 Å². The second-order valence-corrected chi connectivity index (χ2v) is 10.1. The summed E-state index contributed by atoms with van der Waals surface area (Å²) >= 11 is 0. The molecule has 0 atom stereocenters. The van der Waals surface area contributed by atoms with Crippen LogP contribution in [0.15, 0.2) is 60.6 Å². The van der Waals surface area contributed by atoms with Crippen molar-refractivity contribution >= 4 is 33.9 Å². The van der Waals surface area contributed by atoms with Crippen LogP contribution in [0.2, 0.25) is 0 Å². The summed E-state index contributed by atoms with van der Waals surface area (Å²) in [4.78, 5) is 14.9. The minimum atomic E-state index is 0.391. The van der Waals surface area contributed by atoms with Crippen molar-refractivity contribution in [3.05, 3.63) is 88.4 Å². The van der Waals surface area contributed by atoms with Gasteiger partial charge in [0.1, 0.15) is 0 Å². The number of hydrogen-bond acceptors (Lipinski definition) is 5. The van der Waals surface area contributed by atoms with Crippen LogP contribution in [0.3, 0.4) is 0 Å². The number of aromatic amines is 1. The van der Waals surface area contributed by atoms with E-state index in [4.69, 9.17) is 5.41 Å². The van der Waals surface area contributed by atoms with Gasteiger partial charge in [-0.2, -0.15) is 0 Å². The molecule has 4 aromatic rings. The molecule has 0 unspecified atom stereocenters. The van der Waals surface area contributed by atoms with Crippen LogP contribution >= 0.6 is 0 Å². The van der Waals surface area contributed by atoms with E-state index in [1.807, 2.05) is 18.6 Å². The summed E-state index contributed by atoms with van der Waals surface area (Å²) in [6.07, 6.45) is 6.49. The van der Waals surface area contributed by atoms with E-state index in [-0.39, 0.29) is 0 Å². The Kier molecular flexibility index (Phi) is 6.35. The van der Waals surface area contributed by atoms with Crippen molar-refractivity contribution in [1.82, 2.24) is 15.0 Å². The zero-order valence-corrected chi connectivity index (χ0v) is 21.7. The van der Waals surface area contributed by atoms with Crippen LogP contribution in [0, 0.1) is 26.2 Å². The number of rotatable bonds is 5. The minimum Gasteiger partial charge on any atom is -0.361 e. The van der Waals surface area contributed by atoms with Gasteiger partial charge < -0.3 is 20.6 Å². The molecule has 3 heterocycles. The van der Waals surface area contributed by atoms with E-state index < -0.39 is 0 Å². The predicted molar refractivity (Wildman–Crippen MR) is 150 cm³/mol. The molecular weight excluding hydrogens is 444 g/mol. The van der Waals surface area contributed by atoms with Crippen molar-refractivity contribution in [1.29, 1.82) is 5.41 Å². The molecule has 1 aliphatic rings. The van der Waals surface area contributed by atoms with Gasteiger partial charge in [0.25, 0.3) is 0 Å². The highest BCUT2D eigenvalue weighted by atomic mass is 15.3. The van der Waals surface area contributed by atoms with Gasteiger partial charge in [0.05, 0.1) is 5.70 Å². The van der Waals surface area contributed by atoms with Crippen molar-refractivity contribution in [2.45, 2.75) is 47.0 Å². The molecule has 0 spiro atoms. The molecule has 1 saturated heterocycles. The summed E-state index contributed by atoms with van der Waals surface area (Å²) in [6.45, 7) is 12.0.